The Morgan fingerprint density at radius 1 is 1.03 bits per heavy atom. The first-order valence-electron chi connectivity index (χ1n) is 10.8. The van der Waals surface area contributed by atoms with E-state index in [-0.39, 0.29) is 18.6 Å². The molecule has 0 unspecified atom stereocenters. The first-order valence-corrected chi connectivity index (χ1v) is 11.2. The summed E-state index contributed by atoms with van der Waals surface area (Å²) >= 11 is 6.03. The van der Waals surface area contributed by atoms with Crippen molar-refractivity contribution in [3.8, 4) is 0 Å². The highest BCUT2D eigenvalue weighted by Crippen LogP contribution is 2.29. The zero-order valence-corrected chi connectivity index (χ0v) is 19.5. The smallest absolute Gasteiger partial charge is 0.368 e. The highest BCUT2D eigenvalue weighted by molar-refractivity contribution is 6.30. The number of carbonyl (C=O) groups is 1. The van der Waals surface area contributed by atoms with Crippen LogP contribution in [0.4, 0.5) is 13.2 Å². The van der Waals surface area contributed by atoms with Crippen molar-refractivity contribution in [3.05, 3.63) is 81.9 Å². The lowest BCUT2D eigenvalue weighted by Gasteiger charge is -2.36. The van der Waals surface area contributed by atoms with E-state index in [1.54, 1.807) is 18.2 Å². The van der Waals surface area contributed by atoms with Gasteiger partial charge in [0.05, 0.1) is 18.3 Å². The van der Waals surface area contributed by atoms with E-state index >= 15 is 0 Å². The standard InChI is InChI=1S/C25H28ClF3N2O2/c1-18(2)15-24(32)31-13-11-30(12-14-31)16-23(20-5-9-22(26)10-6-20)33-17-19-3-7-21(8-4-19)25(27,28)29/h3-10,15,23H,11-14,16-17H2,1-2H3/t23-/m1/s1. The number of rotatable bonds is 7. The third-order valence-electron chi connectivity index (χ3n) is 5.49. The topological polar surface area (TPSA) is 32.8 Å². The van der Waals surface area contributed by atoms with Crippen LogP contribution in [0.1, 0.15) is 36.6 Å². The van der Waals surface area contributed by atoms with Gasteiger partial charge in [0.1, 0.15) is 0 Å². The average Bonchev–Trinajstić information content (AvgIpc) is 2.77. The Kier molecular flexibility index (Phi) is 8.57. The summed E-state index contributed by atoms with van der Waals surface area (Å²) in [5.41, 5.74) is 1.90. The Bertz CT molecular complexity index is 947. The number of alkyl halides is 3. The third-order valence-corrected chi connectivity index (χ3v) is 5.75. The molecule has 2 aromatic carbocycles. The lowest BCUT2D eigenvalue weighted by Crippen LogP contribution is -2.49. The predicted molar refractivity (Wildman–Crippen MR) is 123 cm³/mol. The lowest BCUT2D eigenvalue weighted by molar-refractivity contribution is -0.137. The molecule has 4 nitrogen and oxygen atoms in total. The molecule has 0 spiro atoms. The van der Waals surface area contributed by atoms with Gasteiger partial charge in [-0.05, 0) is 49.2 Å². The number of ether oxygens (including phenoxy) is 1. The van der Waals surface area contributed by atoms with Crippen molar-refractivity contribution < 1.29 is 22.7 Å². The van der Waals surface area contributed by atoms with E-state index in [1.165, 1.54) is 12.1 Å². The zero-order chi connectivity index (χ0) is 24.0. The Hall–Kier alpha value is -2.35. The molecule has 0 aliphatic carbocycles. The molecule has 1 heterocycles. The van der Waals surface area contributed by atoms with Crippen LogP contribution in [-0.4, -0.2) is 48.4 Å². The number of piperazine rings is 1. The molecule has 1 aliphatic heterocycles. The summed E-state index contributed by atoms with van der Waals surface area (Å²) < 4.78 is 44.6. The molecule has 0 N–H and O–H groups in total. The molecule has 0 bridgehead atoms. The predicted octanol–water partition coefficient (Wildman–Crippen LogP) is 5.73. The van der Waals surface area contributed by atoms with Gasteiger partial charge in [0.15, 0.2) is 0 Å². The largest absolute Gasteiger partial charge is 0.416 e. The van der Waals surface area contributed by atoms with Gasteiger partial charge in [-0.15, -0.1) is 0 Å². The van der Waals surface area contributed by atoms with Gasteiger partial charge in [-0.2, -0.15) is 13.2 Å². The lowest BCUT2D eigenvalue weighted by atomic mass is 10.1. The molecule has 0 radical (unpaired) electrons. The van der Waals surface area contributed by atoms with Crippen LogP contribution in [0.3, 0.4) is 0 Å². The van der Waals surface area contributed by atoms with Crippen molar-refractivity contribution in [2.75, 3.05) is 32.7 Å². The second-order valence-corrected chi connectivity index (χ2v) is 8.83. The van der Waals surface area contributed by atoms with Crippen molar-refractivity contribution in [1.29, 1.82) is 0 Å². The Morgan fingerprint density at radius 2 is 1.64 bits per heavy atom. The number of hydrogen-bond donors (Lipinski definition) is 0. The maximum Gasteiger partial charge on any atom is 0.416 e. The molecule has 8 heteroatoms. The van der Waals surface area contributed by atoms with Crippen LogP contribution in [0, 0.1) is 0 Å². The summed E-state index contributed by atoms with van der Waals surface area (Å²) in [6.45, 7) is 7.30. The van der Waals surface area contributed by atoms with Crippen molar-refractivity contribution in [2.24, 2.45) is 0 Å². The van der Waals surface area contributed by atoms with Crippen LogP contribution in [0.15, 0.2) is 60.2 Å². The van der Waals surface area contributed by atoms with Gasteiger partial charge in [0.2, 0.25) is 5.91 Å². The Labute approximate surface area is 197 Å². The quantitative estimate of drug-likeness (QED) is 0.475. The molecule has 33 heavy (non-hydrogen) atoms. The zero-order valence-electron chi connectivity index (χ0n) is 18.7. The van der Waals surface area contributed by atoms with E-state index in [9.17, 15) is 18.0 Å². The monoisotopic (exact) mass is 480 g/mol. The van der Waals surface area contributed by atoms with Gasteiger partial charge in [-0.3, -0.25) is 9.69 Å². The van der Waals surface area contributed by atoms with E-state index in [0.717, 1.165) is 36.4 Å². The second-order valence-electron chi connectivity index (χ2n) is 8.39. The summed E-state index contributed by atoms with van der Waals surface area (Å²) in [4.78, 5) is 16.3. The molecule has 1 aliphatic rings. The fraction of sp³-hybridized carbons (Fsp3) is 0.400. The van der Waals surface area contributed by atoms with Gasteiger partial charge >= 0.3 is 6.18 Å². The highest BCUT2D eigenvalue weighted by Gasteiger charge is 2.30. The first kappa shape index (κ1) is 25.3. The summed E-state index contributed by atoms with van der Waals surface area (Å²) in [5, 5.41) is 0.617. The Balaban J connectivity index is 1.64. The van der Waals surface area contributed by atoms with E-state index < -0.39 is 11.7 Å². The van der Waals surface area contributed by atoms with Crippen LogP contribution < -0.4 is 0 Å². The van der Waals surface area contributed by atoms with E-state index in [1.807, 2.05) is 30.9 Å². The summed E-state index contributed by atoms with van der Waals surface area (Å²) in [5.74, 6) is 0.0301. The average molecular weight is 481 g/mol. The molecule has 0 saturated carbocycles. The summed E-state index contributed by atoms with van der Waals surface area (Å²) in [6, 6.07) is 12.4. The van der Waals surface area contributed by atoms with Crippen LogP contribution in [0.2, 0.25) is 5.02 Å². The van der Waals surface area contributed by atoms with Gasteiger partial charge in [0, 0.05) is 43.8 Å². The van der Waals surface area contributed by atoms with Gasteiger partial charge in [-0.1, -0.05) is 41.4 Å². The number of hydrogen-bond acceptors (Lipinski definition) is 3. The number of allylic oxidation sites excluding steroid dienone is 1. The molecule has 3 rings (SSSR count). The van der Waals surface area contributed by atoms with Gasteiger partial charge < -0.3 is 9.64 Å². The van der Waals surface area contributed by atoms with Gasteiger partial charge in [0.25, 0.3) is 0 Å². The minimum atomic E-state index is -4.36. The second kappa shape index (κ2) is 11.2. The highest BCUT2D eigenvalue weighted by atomic mass is 35.5. The third kappa shape index (κ3) is 7.59. The van der Waals surface area contributed by atoms with E-state index in [2.05, 4.69) is 4.90 Å². The van der Waals surface area contributed by atoms with E-state index in [0.29, 0.717) is 30.2 Å². The SMILES string of the molecule is CC(C)=CC(=O)N1CCN(C[C@@H](OCc2ccc(C(F)(F)F)cc2)c2ccc(Cl)cc2)CC1. The van der Waals surface area contributed by atoms with Crippen molar-refractivity contribution in [3.63, 3.8) is 0 Å². The fourth-order valence-corrected chi connectivity index (χ4v) is 3.77. The van der Waals surface area contributed by atoms with Crippen LogP contribution in [0.25, 0.3) is 0 Å². The molecule has 0 aromatic heterocycles. The number of benzene rings is 2. The van der Waals surface area contributed by atoms with Gasteiger partial charge in [-0.25, -0.2) is 0 Å². The maximum absolute atomic E-state index is 12.8. The number of amides is 1. The minimum absolute atomic E-state index is 0.0301. The normalized spacial score (nSPS) is 15.9. The van der Waals surface area contributed by atoms with Crippen molar-refractivity contribution >= 4 is 17.5 Å². The number of nitrogens with zero attached hydrogens (tertiary/aromatic N) is 2. The molecule has 1 atom stereocenters. The molecule has 1 fully saturated rings. The Morgan fingerprint density at radius 3 is 2.18 bits per heavy atom. The minimum Gasteiger partial charge on any atom is -0.368 e. The van der Waals surface area contributed by atoms with Crippen molar-refractivity contribution in [2.45, 2.75) is 32.7 Å². The number of carbonyl (C=O) groups excluding carboxylic acids is 1. The van der Waals surface area contributed by atoms with Crippen LogP contribution in [0.5, 0.6) is 0 Å². The van der Waals surface area contributed by atoms with Crippen LogP contribution >= 0.6 is 11.6 Å². The molecular weight excluding hydrogens is 453 g/mol. The molecule has 178 valence electrons. The molecule has 1 saturated heterocycles. The summed E-state index contributed by atoms with van der Waals surface area (Å²) in [7, 11) is 0. The summed E-state index contributed by atoms with van der Waals surface area (Å²) in [6.07, 6.45) is -3.00. The molecule has 1 amide bonds. The molecule has 2 aromatic rings. The number of halogens is 4. The molecular formula is C25H28ClF3N2O2. The maximum atomic E-state index is 12.8. The van der Waals surface area contributed by atoms with Crippen LogP contribution in [-0.2, 0) is 22.3 Å². The first-order chi connectivity index (χ1) is 15.6. The van der Waals surface area contributed by atoms with Crippen molar-refractivity contribution in [1.82, 2.24) is 9.80 Å². The van der Waals surface area contributed by atoms with E-state index in [4.69, 9.17) is 16.3 Å². The fourth-order valence-electron chi connectivity index (χ4n) is 3.64.